The molecule has 4 rings (SSSR count). The van der Waals surface area contributed by atoms with Crippen LogP contribution in [0.15, 0.2) is 72.9 Å². The van der Waals surface area contributed by atoms with E-state index >= 15 is 0 Å². The van der Waals surface area contributed by atoms with E-state index in [1.807, 2.05) is 48.7 Å². The number of anilines is 1. The summed E-state index contributed by atoms with van der Waals surface area (Å²) >= 11 is 6.02. The molecule has 2 aromatic carbocycles. The van der Waals surface area contributed by atoms with Gasteiger partial charge in [-0.15, -0.1) is 0 Å². The summed E-state index contributed by atoms with van der Waals surface area (Å²) in [6, 6.07) is 22.1. The lowest BCUT2D eigenvalue weighted by molar-refractivity contribution is 0.884. The fourth-order valence-electron chi connectivity index (χ4n) is 3.22. The van der Waals surface area contributed by atoms with Crippen LogP contribution in [0.3, 0.4) is 0 Å². The maximum Gasteiger partial charge on any atom is 0.0963 e. The van der Waals surface area contributed by atoms with Crippen LogP contribution >= 0.6 is 11.6 Å². The van der Waals surface area contributed by atoms with Crippen LogP contribution < -0.4 is 5.32 Å². The SMILES string of the molecule is Cc1[nH]c2ccccc2c1C(Nc1ccc(Cl)cc1)c1ccccn1. The molecular weight excluding hydrogens is 330 g/mol. The number of halogens is 1. The van der Waals surface area contributed by atoms with Gasteiger partial charge in [-0.1, -0.05) is 35.9 Å². The van der Waals surface area contributed by atoms with E-state index in [2.05, 4.69) is 46.5 Å². The molecule has 0 spiro atoms. The number of fused-ring (bicyclic) bond motifs is 1. The van der Waals surface area contributed by atoms with E-state index in [1.165, 1.54) is 10.9 Å². The molecule has 3 nitrogen and oxygen atoms in total. The normalized spacial score (nSPS) is 12.2. The molecule has 0 radical (unpaired) electrons. The van der Waals surface area contributed by atoms with Crippen LogP contribution in [0.1, 0.15) is 23.0 Å². The fraction of sp³-hybridized carbons (Fsp3) is 0.0952. The first kappa shape index (κ1) is 15.7. The Kier molecular flexibility index (Phi) is 4.16. The largest absolute Gasteiger partial charge is 0.373 e. The third-order valence-electron chi connectivity index (χ3n) is 4.37. The maximum absolute atomic E-state index is 6.02. The summed E-state index contributed by atoms with van der Waals surface area (Å²) in [5.74, 6) is 0. The number of aromatic nitrogens is 2. The van der Waals surface area contributed by atoms with Crippen molar-refractivity contribution in [2.75, 3.05) is 5.32 Å². The van der Waals surface area contributed by atoms with Gasteiger partial charge in [0, 0.05) is 39.1 Å². The summed E-state index contributed by atoms with van der Waals surface area (Å²) in [5, 5.41) is 5.55. The number of pyridine rings is 1. The van der Waals surface area contributed by atoms with Crippen LogP contribution in [0.25, 0.3) is 10.9 Å². The Bertz CT molecular complexity index is 991. The van der Waals surface area contributed by atoms with Gasteiger partial charge in [-0.2, -0.15) is 0 Å². The predicted octanol–water partition coefficient (Wildman–Crippen LogP) is 5.73. The standard InChI is InChI=1S/C21H18ClN3/c1-14-20(17-6-2-3-7-18(17)24-14)21(19-8-4-5-13-23-19)25-16-11-9-15(22)10-12-16/h2-13,21,24-25H,1H3. The van der Waals surface area contributed by atoms with Crippen molar-refractivity contribution >= 4 is 28.2 Å². The summed E-state index contributed by atoms with van der Waals surface area (Å²) in [6.07, 6.45) is 1.83. The highest BCUT2D eigenvalue weighted by Crippen LogP contribution is 2.33. The minimum absolute atomic E-state index is 0.0569. The molecule has 2 N–H and O–H groups in total. The second-order valence-electron chi connectivity index (χ2n) is 6.05. The number of hydrogen-bond donors (Lipinski definition) is 2. The van der Waals surface area contributed by atoms with Gasteiger partial charge in [0.05, 0.1) is 11.7 Å². The molecule has 25 heavy (non-hydrogen) atoms. The number of aryl methyl sites for hydroxylation is 1. The van der Waals surface area contributed by atoms with Crippen molar-refractivity contribution in [2.24, 2.45) is 0 Å². The Morgan fingerprint density at radius 1 is 0.960 bits per heavy atom. The molecule has 1 atom stereocenters. The third-order valence-corrected chi connectivity index (χ3v) is 4.62. The Morgan fingerprint density at radius 3 is 2.48 bits per heavy atom. The lowest BCUT2D eigenvalue weighted by Gasteiger charge is -2.20. The first-order valence-corrected chi connectivity index (χ1v) is 8.60. The van der Waals surface area contributed by atoms with Crippen LogP contribution in [-0.2, 0) is 0 Å². The van der Waals surface area contributed by atoms with Crippen molar-refractivity contribution in [1.82, 2.24) is 9.97 Å². The molecule has 0 fully saturated rings. The molecule has 4 aromatic rings. The number of nitrogens with one attached hydrogen (secondary N) is 2. The number of benzene rings is 2. The smallest absolute Gasteiger partial charge is 0.0963 e. The highest BCUT2D eigenvalue weighted by Gasteiger charge is 2.21. The van der Waals surface area contributed by atoms with E-state index in [1.54, 1.807) is 0 Å². The van der Waals surface area contributed by atoms with Crippen LogP contribution in [0, 0.1) is 6.92 Å². The Labute approximate surface area is 151 Å². The summed E-state index contributed by atoms with van der Waals surface area (Å²) in [4.78, 5) is 8.08. The van der Waals surface area contributed by atoms with Crippen LogP contribution in [0.4, 0.5) is 5.69 Å². The molecule has 0 saturated carbocycles. The van der Waals surface area contributed by atoms with Crippen molar-refractivity contribution in [1.29, 1.82) is 0 Å². The number of H-pyrrole nitrogens is 1. The van der Waals surface area contributed by atoms with E-state index in [0.717, 1.165) is 27.6 Å². The Hall–Kier alpha value is -2.78. The predicted molar refractivity (Wildman–Crippen MR) is 104 cm³/mol. The second kappa shape index (κ2) is 6.61. The van der Waals surface area contributed by atoms with E-state index in [-0.39, 0.29) is 6.04 Å². The van der Waals surface area contributed by atoms with Crippen molar-refractivity contribution in [3.8, 4) is 0 Å². The number of para-hydroxylation sites is 1. The van der Waals surface area contributed by atoms with Gasteiger partial charge in [-0.25, -0.2) is 0 Å². The molecule has 0 aliphatic heterocycles. The van der Waals surface area contributed by atoms with Gasteiger partial charge in [-0.3, -0.25) is 4.98 Å². The van der Waals surface area contributed by atoms with Crippen molar-refractivity contribution in [3.05, 3.63) is 94.9 Å². The average Bonchev–Trinajstić information content (AvgIpc) is 2.98. The Morgan fingerprint density at radius 2 is 1.72 bits per heavy atom. The van der Waals surface area contributed by atoms with Gasteiger partial charge in [-0.05, 0) is 49.4 Å². The van der Waals surface area contributed by atoms with Gasteiger partial charge < -0.3 is 10.3 Å². The topological polar surface area (TPSA) is 40.7 Å². The van der Waals surface area contributed by atoms with E-state index in [9.17, 15) is 0 Å². The zero-order chi connectivity index (χ0) is 17.2. The van der Waals surface area contributed by atoms with Crippen LogP contribution in [0.5, 0.6) is 0 Å². The molecule has 0 amide bonds. The minimum atomic E-state index is -0.0569. The average molecular weight is 348 g/mol. The number of aromatic amines is 1. The fourth-order valence-corrected chi connectivity index (χ4v) is 3.35. The Balaban J connectivity index is 1.85. The number of hydrogen-bond acceptors (Lipinski definition) is 2. The summed E-state index contributed by atoms with van der Waals surface area (Å²) in [5.41, 5.74) is 5.46. The third kappa shape index (κ3) is 3.11. The maximum atomic E-state index is 6.02. The quantitative estimate of drug-likeness (QED) is 0.495. The molecule has 1 unspecified atom stereocenters. The van der Waals surface area contributed by atoms with Gasteiger partial charge in [0.1, 0.15) is 0 Å². The van der Waals surface area contributed by atoms with Crippen LogP contribution in [0.2, 0.25) is 5.02 Å². The first-order valence-electron chi connectivity index (χ1n) is 8.22. The molecule has 2 heterocycles. The molecular formula is C21H18ClN3. The van der Waals surface area contributed by atoms with E-state index in [0.29, 0.717) is 0 Å². The van der Waals surface area contributed by atoms with Crippen LogP contribution in [-0.4, -0.2) is 9.97 Å². The highest BCUT2D eigenvalue weighted by atomic mass is 35.5. The molecule has 4 heteroatoms. The molecule has 2 aromatic heterocycles. The molecule has 0 saturated heterocycles. The monoisotopic (exact) mass is 347 g/mol. The highest BCUT2D eigenvalue weighted by molar-refractivity contribution is 6.30. The molecule has 0 aliphatic rings. The van der Waals surface area contributed by atoms with Gasteiger partial charge in [0.2, 0.25) is 0 Å². The van der Waals surface area contributed by atoms with Crippen molar-refractivity contribution < 1.29 is 0 Å². The van der Waals surface area contributed by atoms with Crippen molar-refractivity contribution in [2.45, 2.75) is 13.0 Å². The summed E-state index contributed by atoms with van der Waals surface area (Å²) in [7, 11) is 0. The van der Waals surface area contributed by atoms with E-state index < -0.39 is 0 Å². The number of rotatable bonds is 4. The number of nitrogens with zero attached hydrogens (tertiary/aromatic N) is 1. The van der Waals surface area contributed by atoms with Gasteiger partial charge >= 0.3 is 0 Å². The lowest BCUT2D eigenvalue weighted by atomic mass is 9.99. The van der Waals surface area contributed by atoms with Gasteiger partial charge in [0.25, 0.3) is 0 Å². The summed E-state index contributed by atoms with van der Waals surface area (Å²) < 4.78 is 0. The van der Waals surface area contributed by atoms with E-state index in [4.69, 9.17) is 11.6 Å². The molecule has 0 bridgehead atoms. The molecule has 0 aliphatic carbocycles. The lowest BCUT2D eigenvalue weighted by Crippen LogP contribution is -2.14. The summed E-state index contributed by atoms with van der Waals surface area (Å²) in [6.45, 7) is 2.11. The second-order valence-corrected chi connectivity index (χ2v) is 6.48. The minimum Gasteiger partial charge on any atom is -0.373 e. The zero-order valence-corrected chi connectivity index (χ0v) is 14.6. The van der Waals surface area contributed by atoms with Gasteiger partial charge in [0.15, 0.2) is 0 Å². The first-order chi connectivity index (χ1) is 12.2. The zero-order valence-electron chi connectivity index (χ0n) is 13.8. The molecule has 124 valence electrons. The van der Waals surface area contributed by atoms with Crippen molar-refractivity contribution in [3.63, 3.8) is 0 Å².